The minimum absolute atomic E-state index is 0.0218. The van der Waals surface area contributed by atoms with Gasteiger partial charge in [-0.25, -0.2) is 0 Å². The van der Waals surface area contributed by atoms with Gasteiger partial charge in [0.2, 0.25) is 11.8 Å². The maximum absolute atomic E-state index is 12.7. The number of nitrogens with zero attached hydrogens (tertiary/aromatic N) is 4. The van der Waals surface area contributed by atoms with E-state index in [4.69, 9.17) is 9.47 Å². The molecule has 9 nitrogen and oxygen atoms in total. The van der Waals surface area contributed by atoms with Crippen molar-refractivity contribution in [1.29, 1.82) is 0 Å². The number of benzene rings is 1. The Morgan fingerprint density at radius 2 is 1.68 bits per heavy atom. The van der Waals surface area contributed by atoms with Crippen molar-refractivity contribution < 1.29 is 19.1 Å². The van der Waals surface area contributed by atoms with Crippen molar-refractivity contribution >= 4 is 23.2 Å². The van der Waals surface area contributed by atoms with Crippen LogP contribution in [0, 0.1) is 11.8 Å². The Hall–Kier alpha value is -3.20. The molecule has 5 rings (SSSR count). The van der Waals surface area contributed by atoms with Crippen molar-refractivity contribution in [1.82, 2.24) is 15.1 Å². The summed E-state index contributed by atoms with van der Waals surface area (Å²) >= 11 is 0. The molecule has 0 unspecified atom stereocenters. The minimum atomic E-state index is -0.0434. The predicted molar refractivity (Wildman–Crippen MR) is 127 cm³/mol. The molecular formula is C25H31N5O4. The van der Waals surface area contributed by atoms with Crippen LogP contribution in [0.15, 0.2) is 42.7 Å². The first-order valence-electron chi connectivity index (χ1n) is 12.1. The molecule has 2 amide bonds. The Morgan fingerprint density at radius 1 is 0.941 bits per heavy atom. The lowest BCUT2D eigenvalue weighted by Crippen LogP contribution is -2.52. The maximum Gasteiger partial charge on any atom is 0.231 e. The van der Waals surface area contributed by atoms with Crippen LogP contribution in [-0.4, -0.2) is 72.4 Å². The fourth-order valence-corrected chi connectivity index (χ4v) is 4.78. The molecule has 0 bridgehead atoms. The van der Waals surface area contributed by atoms with Crippen molar-refractivity contribution in [3.05, 3.63) is 42.7 Å². The van der Waals surface area contributed by atoms with Gasteiger partial charge < -0.3 is 24.6 Å². The van der Waals surface area contributed by atoms with Crippen molar-refractivity contribution in [3.63, 3.8) is 0 Å². The lowest BCUT2D eigenvalue weighted by molar-refractivity contribution is -0.140. The summed E-state index contributed by atoms with van der Waals surface area (Å²) in [7, 11) is 0. The molecule has 9 heteroatoms. The van der Waals surface area contributed by atoms with Crippen LogP contribution in [0.1, 0.15) is 25.7 Å². The number of likely N-dealkylation sites (tertiary alicyclic amines) is 1. The first-order chi connectivity index (χ1) is 16.7. The van der Waals surface area contributed by atoms with Crippen molar-refractivity contribution in [3.8, 4) is 5.75 Å². The Balaban J connectivity index is 1.04. The van der Waals surface area contributed by atoms with Crippen LogP contribution in [0.2, 0.25) is 0 Å². The van der Waals surface area contributed by atoms with E-state index >= 15 is 0 Å². The quantitative estimate of drug-likeness (QED) is 0.699. The average Bonchev–Trinajstić information content (AvgIpc) is 2.86. The fraction of sp³-hybridized carbons (Fsp3) is 0.520. The van der Waals surface area contributed by atoms with Gasteiger partial charge in [0.05, 0.1) is 24.0 Å². The van der Waals surface area contributed by atoms with Crippen LogP contribution in [0.3, 0.4) is 0 Å². The Kier molecular flexibility index (Phi) is 6.89. The van der Waals surface area contributed by atoms with Gasteiger partial charge >= 0.3 is 0 Å². The molecule has 2 aromatic rings. The molecule has 1 N–H and O–H groups in total. The number of piperidine rings is 1. The van der Waals surface area contributed by atoms with Gasteiger partial charge in [-0.1, -0.05) is 0 Å². The second kappa shape index (κ2) is 10.4. The van der Waals surface area contributed by atoms with E-state index in [9.17, 15) is 9.59 Å². The highest BCUT2D eigenvalue weighted by atomic mass is 16.5. The van der Waals surface area contributed by atoms with Crippen LogP contribution in [0.5, 0.6) is 5.75 Å². The number of ether oxygens (including phenoxy) is 2. The van der Waals surface area contributed by atoms with Crippen LogP contribution in [0.4, 0.5) is 11.4 Å². The Bertz CT molecular complexity index is 967. The topological polar surface area (TPSA) is 96.9 Å². The highest BCUT2D eigenvalue weighted by Gasteiger charge is 2.33. The molecule has 180 valence electrons. The number of nitrogens with one attached hydrogen (secondary N) is 1. The average molecular weight is 466 g/mol. The van der Waals surface area contributed by atoms with E-state index in [1.807, 2.05) is 35.2 Å². The van der Waals surface area contributed by atoms with Crippen LogP contribution in [-0.2, 0) is 14.3 Å². The molecule has 4 heterocycles. The Morgan fingerprint density at radius 3 is 2.35 bits per heavy atom. The second-order valence-corrected chi connectivity index (χ2v) is 9.25. The number of amides is 2. The molecule has 3 saturated heterocycles. The molecule has 0 saturated carbocycles. The molecule has 34 heavy (non-hydrogen) atoms. The standard InChI is InChI=1S/C25H31N5O4/c31-24(19-16-30(17-19)21-5-10-26-27-15-21)28-20-1-3-22(4-2-20)34-23-6-11-29(12-7-23)25(32)18-8-13-33-14-9-18/h1-5,10,15,18-19,23H,6-9,11-14,16-17H2,(H,28,31). The van der Waals surface area contributed by atoms with E-state index in [0.717, 1.165) is 55.9 Å². The first kappa shape index (κ1) is 22.6. The van der Waals surface area contributed by atoms with Crippen molar-refractivity contribution in [2.24, 2.45) is 11.8 Å². The largest absolute Gasteiger partial charge is 0.490 e. The van der Waals surface area contributed by atoms with Gasteiger partial charge in [0, 0.05) is 63.8 Å². The third-order valence-corrected chi connectivity index (χ3v) is 6.93. The van der Waals surface area contributed by atoms with E-state index in [1.165, 1.54) is 0 Å². The van der Waals surface area contributed by atoms with Gasteiger partial charge in [0.15, 0.2) is 0 Å². The number of aromatic nitrogens is 2. The SMILES string of the molecule is O=C(Nc1ccc(OC2CCN(C(=O)C3CCOCC3)CC2)cc1)C1CN(c2ccnnc2)C1. The molecule has 0 aliphatic carbocycles. The summed E-state index contributed by atoms with van der Waals surface area (Å²) < 4.78 is 11.5. The van der Waals surface area contributed by atoms with Gasteiger partial charge in [-0.2, -0.15) is 10.2 Å². The summed E-state index contributed by atoms with van der Waals surface area (Å²) in [6, 6.07) is 9.43. The molecule has 0 atom stereocenters. The monoisotopic (exact) mass is 465 g/mol. The fourth-order valence-electron chi connectivity index (χ4n) is 4.78. The second-order valence-electron chi connectivity index (χ2n) is 9.25. The maximum atomic E-state index is 12.7. The third kappa shape index (κ3) is 5.30. The number of carbonyl (C=O) groups excluding carboxylic acids is 2. The Labute approximate surface area is 199 Å². The zero-order chi connectivity index (χ0) is 23.3. The van der Waals surface area contributed by atoms with Gasteiger partial charge in [-0.3, -0.25) is 9.59 Å². The zero-order valence-electron chi connectivity index (χ0n) is 19.3. The minimum Gasteiger partial charge on any atom is -0.490 e. The molecular weight excluding hydrogens is 434 g/mol. The van der Waals surface area contributed by atoms with Crippen LogP contribution < -0.4 is 15.0 Å². The van der Waals surface area contributed by atoms with Gasteiger partial charge in [-0.05, 0) is 43.2 Å². The van der Waals surface area contributed by atoms with E-state index < -0.39 is 0 Å². The lowest BCUT2D eigenvalue weighted by atomic mass is 9.97. The highest BCUT2D eigenvalue weighted by molar-refractivity contribution is 5.94. The predicted octanol–water partition coefficient (Wildman–Crippen LogP) is 2.35. The number of carbonyl (C=O) groups is 2. The molecule has 3 aliphatic heterocycles. The van der Waals surface area contributed by atoms with E-state index in [1.54, 1.807) is 12.4 Å². The summed E-state index contributed by atoms with van der Waals surface area (Å²) in [5.74, 6) is 1.15. The highest BCUT2D eigenvalue weighted by Crippen LogP contribution is 2.26. The van der Waals surface area contributed by atoms with Crippen molar-refractivity contribution in [2.75, 3.05) is 49.6 Å². The van der Waals surface area contributed by atoms with Gasteiger partial charge in [0.1, 0.15) is 11.9 Å². The summed E-state index contributed by atoms with van der Waals surface area (Å²) in [5.41, 5.74) is 1.75. The molecule has 0 spiro atoms. The molecule has 3 fully saturated rings. The summed E-state index contributed by atoms with van der Waals surface area (Å²) in [5, 5.41) is 10.7. The van der Waals surface area contributed by atoms with Crippen LogP contribution >= 0.6 is 0 Å². The number of hydrogen-bond donors (Lipinski definition) is 1. The molecule has 3 aliphatic rings. The number of anilines is 2. The number of hydrogen-bond acceptors (Lipinski definition) is 7. The van der Waals surface area contributed by atoms with Crippen molar-refractivity contribution in [2.45, 2.75) is 31.8 Å². The first-order valence-corrected chi connectivity index (χ1v) is 12.1. The number of rotatable bonds is 6. The smallest absolute Gasteiger partial charge is 0.231 e. The molecule has 1 aromatic heterocycles. The van der Waals surface area contributed by atoms with E-state index in [-0.39, 0.29) is 29.8 Å². The van der Waals surface area contributed by atoms with E-state index in [0.29, 0.717) is 26.3 Å². The van der Waals surface area contributed by atoms with E-state index in [2.05, 4.69) is 20.4 Å². The molecule has 1 aromatic carbocycles. The van der Waals surface area contributed by atoms with Crippen LogP contribution in [0.25, 0.3) is 0 Å². The summed E-state index contributed by atoms with van der Waals surface area (Å²) in [4.78, 5) is 29.3. The lowest BCUT2D eigenvalue weighted by Gasteiger charge is -2.39. The van der Waals surface area contributed by atoms with Gasteiger partial charge in [0.25, 0.3) is 0 Å². The normalized spacial score (nSPS) is 20.0. The summed E-state index contributed by atoms with van der Waals surface area (Å²) in [6.07, 6.45) is 6.79. The molecule has 0 radical (unpaired) electrons. The van der Waals surface area contributed by atoms with Gasteiger partial charge in [-0.15, -0.1) is 0 Å². The summed E-state index contributed by atoms with van der Waals surface area (Å²) in [6.45, 7) is 4.21. The third-order valence-electron chi connectivity index (χ3n) is 6.93. The zero-order valence-corrected chi connectivity index (χ0v) is 19.3.